The van der Waals surface area contributed by atoms with E-state index < -0.39 is 11.6 Å². The number of piperidine rings is 1. The van der Waals surface area contributed by atoms with E-state index >= 15 is 0 Å². The van der Waals surface area contributed by atoms with Crippen molar-refractivity contribution in [2.75, 3.05) is 32.1 Å². The van der Waals surface area contributed by atoms with E-state index in [9.17, 15) is 19.2 Å². The number of likely N-dealkylation sites (tertiary alicyclic amines) is 1. The number of nitrogens with one attached hydrogen (secondary N) is 2. The third-order valence-corrected chi connectivity index (χ3v) is 9.00. The number of rotatable bonds is 11. The van der Waals surface area contributed by atoms with E-state index in [1.165, 1.54) is 6.08 Å². The second-order valence-electron chi connectivity index (χ2n) is 12.8. The molecular weight excluding hydrogens is 655 g/mol. The van der Waals surface area contributed by atoms with Crippen LogP contribution in [0.25, 0.3) is 16.2 Å². The minimum Gasteiger partial charge on any atom is -0.493 e. The molecule has 1 atom stereocenters. The molecule has 3 amide bonds. The lowest BCUT2D eigenvalue weighted by Crippen LogP contribution is -2.45. The minimum absolute atomic E-state index is 0.279. The standard InChI is InChI=1S/C38H41N3O6S.CH4O/c1-38(2,3)47-37(45)41-19-17-27(18-20-41)25-46-31-14-11-28(12-15-31)35(43)40-33(22-26-8-5-4-6-9-26)36(44)39-30-13-16-34-29(23-30)24-32(48-34)10-7-21-42;1-2/h4-16,21,23-24,27,33H,17-20,22,25H2,1-3H3,(H,39,44)(H,40,43);2H,1H3/b10-7+;. The van der Waals surface area contributed by atoms with Gasteiger partial charge in [0.15, 0.2) is 0 Å². The average molecular weight is 700 g/mol. The Morgan fingerprint density at radius 1 is 0.980 bits per heavy atom. The van der Waals surface area contributed by atoms with Gasteiger partial charge in [-0.15, -0.1) is 11.3 Å². The second-order valence-corrected chi connectivity index (χ2v) is 14.0. The van der Waals surface area contributed by atoms with Crippen LogP contribution < -0.4 is 15.4 Å². The SMILES string of the molecule is CC(C)(C)OC(=O)N1CCC(COc2ccc(C(=O)NC(Cc3ccccc3)C(=O)Nc3ccc4sc(/C=C/C=O)cc4c3)cc2)CC1.CO. The Kier molecular flexibility index (Phi) is 13.7. The summed E-state index contributed by atoms with van der Waals surface area (Å²) in [5.41, 5.74) is 1.42. The van der Waals surface area contributed by atoms with Crippen LogP contribution in [0.3, 0.4) is 0 Å². The molecule has 11 heteroatoms. The number of amides is 3. The number of carbonyl (C=O) groups is 4. The van der Waals surface area contributed by atoms with Gasteiger partial charge in [0.05, 0.1) is 6.61 Å². The van der Waals surface area contributed by atoms with Crippen molar-refractivity contribution in [3.63, 3.8) is 0 Å². The Balaban J connectivity index is 0.00000276. The first kappa shape index (κ1) is 37.8. The number of anilines is 1. The Morgan fingerprint density at radius 3 is 2.34 bits per heavy atom. The van der Waals surface area contributed by atoms with Crippen LogP contribution in [-0.2, 0) is 20.7 Å². The van der Waals surface area contributed by atoms with E-state index in [2.05, 4.69) is 10.6 Å². The third kappa shape index (κ3) is 11.3. The first-order valence-electron chi connectivity index (χ1n) is 16.5. The number of thiophene rings is 1. The third-order valence-electron chi connectivity index (χ3n) is 7.91. The van der Waals surface area contributed by atoms with Gasteiger partial charge in [0, 0.05) is 47.4 Å². The highest BCUT2D eigenvalue weighted by atomic mass is 32.1. The number of aldehydes is 1. The van der Waals surface area contributed by atoms with Crippen molar-refractivity contribution in [3.8, 4) is 5.75 Å². The highest BCUT2D eigenvalue weighted by Gasteiger charge is 2.27. The number of carbonyl (C=O) groups excluding carboxylic acids is 4. The molecule has 50 heavy (non-hydrogen) atoms. The van der Waals surface area contributed by atoms with Crippen LogP contribution >= 0.6 is 11.3 Å². The Labute approximate surface area is 297 Å². The highest BCUT2D eigenvalue weighted by Crippen LogP contribution is 2.29. The minimum atomic E-state index is -0.827. The summed E-state index contributed by atoms with van der Waals surface area (Å²) in [5, 5.41) is 13.8. The van der Waals surface area contributed by atoms with Gasteiger partial charge in [-0.3, -0.25) is 14.4 Å². The molecule has 5 rings (SSSR count). The predicted molar refractivity (Wildman–Crippen MR) is 198 cm³/mol. The number of ether oxygens (including phenoxy) is 2. The van der Waals surface area contributed by atoms with Crippen LogP contribution in [0.5, 0.6) is 5.75 Å². The van der Waals surface area contributed by atoms with Gasteiger partial charge >= 0.3 is 6.09 Å². The molecule has 264 valence electrons. The number of aliphatic hydroxyl groups is 1. The number of nitrogens with zero attached hydrogens (tertiary/aromatic N) is 1. The van der Waals surface area contributed by atoms with Gasteiger partial charge in [0.1, 0.15) is 23.7 Å². The van der Waals surface area contributed by atoms with E-state index in [1.807, 2.05) is 75.4 Å². The molecule has 3 aromatic carbocycles. The van der Waals surface area contributed by atoms with Gasteiger partial charge < -0.3 is 30.1 Å². The fraction of sp³-hybridized carbons (Fsp3) is 0.333. The van der Waals surface area contributed by atoms with E-state index in [-0.39, 0.29) is 17.9 Å². The number of hydrogen-bond donors (Lipinski definition) is 3. The summed E-state index contributed by atoms with van der Waals surface area (Å²) in [6.07, 6.45) is 5.62. The van der Waals surface area contributed by atoms with Crippen molar-refractivity contribution < 1.29 is 33.8 Å². The monoisotopic (exact) mass is 699 g/mol. The van der Waals surface area contributed by atoms with Crippen molar-refractivity contribution in [1.29, 1.82) is 0 Å². The van der Waals surface area contributed by atoms with E-state index in [0.717, 1.165) is 46.8 Å². The van der Waals surface area contributed by atoms with Gasteiger partial charge in [-0.25, -0.2) is 4.79 Å². The zero-order valence-corrected chi connectivity index (χ0v) is 29.7. The number of benzene rings is 3. The van der Waals surface area contributed by atoms with E-state index in [1.54, 1.807) is 46.6 Å². The van der Waals surface area contributed by atoms with E-state index in [0.29, 0.717) is 49.0 Å². The van der Waals surface area contributed by atoms with Crippen molar-refractivity contribution in [3.05, 3.63) is 101 Å². The van der Waals surface area contributed by atoms with Gasteiger partial charge in [-0.2, -0.15) is 0 Å². The van der Waals surface area contributed by atoms with Gasteiger partial charge in [0.25, 0.3) is 5.91 Å². The maximum Gasteiger partial charge on any atom is 0.410 e. The molecule has 1 fully saturated rings. The summed E-state index contributed by atoms with van der Waals surface area (Å²) in [6.45, 7) is 7.36. The van der Waals surface area contributed by atoms with E-state index in [4.69, 9.17) is 14.6 Å². The lowest BCUT2D eigenvalue weighted by molar-refractivity contribution is -0.118. The van der Waals surface area contributed by atoms with Crippen molar-refractivity contribution >= 4 is 57.4 Å². The molecule has 1 aliphatic heterocycles. The predicted octanol–water partition coefficient (Wildman–Crippen LogP) is 6.73. The van der Waals surface area contributed by atoms with Crippen molar-refractivity contribution in [1.82, 2.24) is 10.2 Å². The molecule has 3 N–H and O–H groups in total. The molecule has 1 saturated heterocycles. The molecule has 10 nitrogen and oxygen atoms in total. The van der Waals surface area contributed by atoms with Gasteiger partial charge in [0.2, 0.25) is 5.91 Å². The molecule has 0 saturated carbocycles. The number of fused-ring (bicyclic) bond motifs is 1. The largest absolute Gasteiger partial charge is 0.493 e. The Hall–Kier alpha value is -5.00. The van der Waals surface area contributed by atoms with Crippen LogP contribution in [0.2, 0.25) is 0 Å². The summed E-state index contributed by atoms with van der Waals surface area (Å²) >= 11 is 1.55. The quantitative estimate of drug-likeness (QED) is 0.117. The Bertz CT molecular complexity index is 1760. The van der Waals surface area contributed by atoms with Gasteiger partial charge in [-0.1, -0.05) is 30.3 Å². The summed E-state index contributed by atoms with van der Waals surface area (Å²) in [7, 11) is 1.00. The fourth-order valence-corrected chi connectivity index (χ4v) is 6.37. The van der Waals surface area contributed by atoms with Crippen molar-refractivity contribution in [2.45, 2.75) is 51.7 Å². The Morgan fingerprint density at radius 2 is 1.68 bits per heavy atom. The average Bonchev–Trinajstić information content (AvgIpc) is 3.52. The lowest BCUT2D eigenvalue weighted by Gasteiger charge is -2.33. The summed E-state index contributed by atoms with van der Waals surface area (Å²) in [6, 6.07) is 23.2. The van der Waals surface area contributed by atoms with Gasteiger partial charge in [-0.05, 0) is 111 Å². The van der Waals surface area contributed by atoms with Crippen LogP contribution in [0.4, 0.5) is 10.5 Å². The lowest BCUT2D eigenvalue weighted by atomic mass is 9.98. The summed E-state index contributed by atoms with van der Waals surface area (Å²) in [5.74, 6) is 0.256. The number of hydrogen-bond acceptors (Lipinski definition) is 8. The zero-order chi connectivity index (χ0) is 36.1. The van der Waals surface area contributed by atoms with Crippen molar-refractivity contribution in [2.24, 2.45) is 5.92 Å². The molecule has 4 aromatic rings. The molecule has 0 spiro atoms. The smallest absolute Gasteiger partial charge is 0.410 e. The highest BCUT2D eigenvalue weighted by molar-refractivity contribution is 7.19. The summed E-state index contributed by atoms with van der Waals surface area (Å²) < 4.78 is 12.5. The maximum absolute atomic E-state index is 13.6. The molecule has 1 aromatic heterocycles. The molecule has 1 unspecified atom stereocenters. The number of aliphatic hydroxyl groups excluding tert-OH is 1. The molecular formula is C39H45N3O7S. The number of allylic oxidation sites excluding steroid dienone is 1. The molecule has 1 aliphatic rings. The first-order chi connectivity index (χ1) is 24.1. The zero-order valence-electron chi connectivity index (χ0n) is 28.9. The topological polar surface area (TPSA) is 134 Å². The van der Waals surface area contributed by atoms with Crippen LogP contribution in [-0.4, -0.2) is 72.6 Å². The molecule has 0 radical (unpaired) electrons. The maximum atomic E-state index is 13.6. The first-order valence-corrected chi connectivity index (χ1v) is 17.3. The molecule has 0 aliphatic carbocycles. The fourth-order valence-electron chi connectivity index (χ4n) is 5.41. The normalized spacial score (nSPS) is 14.0. The molecule has 0 bridgehead atoms. The second kappa shape index (κ2) is 18.1. The van der Waals surface area contributed by atoms with Crippen LogP contribution in [0.1, 0.15) is 54.4 Å². The summed E-state index contributed by atoms with van der Waals surface area (Å²) in [4.78, 5) is 52.6. The van der Waals surface area contributed by atoms with Crippen LogP contribution in [0.15, 0.2) is 84.9 Å². The van der Waals surface area contributed by atoms with Crippen LogP contribution in [0, 0.1) is 5.92 Å². The molecule has 2 heterocycles.